The summed E-state index contributed by atoms with van der Waals surface area (Å²) in [6, 6.07) is 1.09. The van der Waals surface area contributed by atoms with Crippen molar-refractivity contribution in [2.24, 2.45) is 5.73 Å². The normalized spacial score (nSPS) is 25.0. The molecule has 3 atom stereocenters. The number of carbonyl (C=O) groups excluding carboxylic acids is 2. The standard InChI is InChI=1S/C15H15F3N4O5/c1-7-13-14(24)20(5-11(19)23)6-12(27-7)21(13)9-3-2-8(15(16,17)18)4-10(9)22(25)26/h2-4,7,12-13H,5-6H2,1H3,(H2,19,23)/t7-,12+,13+/m1/s1. The van der Waals surface area contributed by atoms with Crippen LogP contribution in [0, 0.1) is 10.1 Å². The van der Waals surface area contributed by atoms with E-state index in [9.17, 15) is 32.9 Å². The molecule has 0 unspecified atom stereocenters. The molecule has 2 N–H and O–H groups in total. The molecule has 2 bridgehead atoms. The third-order valence-corrected chi connectivity index (χ3v) is 4.49. The number of fused-ring (bicyclic) bond motifs is 2. The predicted molar refractivity (Wildman–Crippen MR) is 84.5 cm³/mol. The minimum Gasteiger partial charge on any atom is -0.368 e. The van der Waals surface area contributed by atoms with E-state index in [0.717, 1.165) is 6.07 Å². The van der Waals surface area contributed by atoms with Crippen molar-refractivity contribution in [1.29, 1.82) is 0 Å². The maximum absolute atomic E-state index is 12.9. The van der Waals surface area contributed by atoms with Crippen LogP contribution in [-0.4, -0.2) is 53.1 Å². The number of benzene rings is 1. The first-order valence-corrected chi connectivity index (χ1v) is 7.87. The molecule has 0 saturated carbocycles. The second kappa shape index (κ2) is 6.37. The molecule has 2 amide bonds. The first kappa shape index (κ1) is 18.9. The highest BCUT2D eigenvalue weighted by molar-refractivity contribution is 5.92. The molecule has 0 spiro atoms. The van der Waals surface area contributed by atoms with Crippen molar-refractivity contribution in [3.05, 3.63) is 33.9 Å². The summed E-state index contributed by atoms with van der Waals surface area (Å²) in [6.07, 6.45) is -6.28. The van der Waals surface area contributed by atoms with Gasteiger partial charge in [-0.1, -0.05) is 0 Å². The number of piperazine rings is 1. The number of anilines is 1. The average Bonchev–Trinajstić information content (AvgIpc) is 2.81. The second-order valence-electron chi connectivity index (χ2n) is 6.29. The number of nitrogens with two attached hydrogens (primary N) is 1. The van der Waals surface area contributed by atoms with Gasteiger partial charge in [-0.25, -0.2) is 0 Å². The molecule has 9 nitrogen and oxygen atoms in total. The molecular formula is C15H15F3N4O5. The highest BCUT2D eigenvalue weighted by Crippen LogP contribution is 2.42. The Bertz CT molecular complexity index is 815. The van der Waals surface area contributed by atoms with Gasteiger partial charge in [0.2, 0.25) is 11.8 Å². The number of nitro groups is 1. The molecule has 12 heteroatoms. The van der Waals surface area contributed by atoms with Gasteiger partial charge in [0.15, 0.2) is 0 Å². The van der Waals surface area contributed by atoms with Crippen LogP contribution in [-0.2, 0) is 20.5 Å². The molecular weight excluding hydrogens is 373 g/mol. The smallest absolute Gasteiger partial charge is 0.368 e. The number of hydrogen-bond acceptors (Lipinski definition) is 6. The topological polar surface area (TPSA) is 119 Å². The fourth-order valence-electron chi connectivity index (χ4n) is 3.41. The minimum absolute atomic E-state index is 0.0964. The second-order valence-corrected chi connectivity index (χ2v) is 6.29. The molecule has 2 heterocycles. The van der Waals surface area contributed by atoms with Gasteiger partial charge in [0.1, 0.15) is 18.0 Å². The maximum atomic E-state index is 12.9. The van der Waals surface area contributed by atoms with E-state index < -0.39 is 52.5 Å². The first-order valence-electron chi connectivity index (χ1n) is 7.87. The lowest BCUT2D eigenvalue weighted by molar-refractivity contribution is -0.384. The fraction of sp³-hybridized carbons (Fsp3) is 0.467. The molecule has 0 aromatic heterocycles. The Kier molecular flexibility index (Phi) is 4.46. The summed E-state index contributed by atoms with van der Waals surface area (Å²) < 4.78 is 44.3. The first-order chi connectivity index (χ1) is 12.5. The van der Waals surface area contributed by atoms with Crippen molar-refractivity contribution in [2.75, 3.05) is 18.0 Å². The van der Waals surface area contributed by atoms with Crippen LogP contribution in [0.1, 0.15) is 12.5 Å². The Balaban J connectivity index is 2.03. The molecule has 2 fully saturated rings. The van der Waals surface area contributed by atoms with Crippen LogP contribution >= 0.6 is 0 Å². The molecule has 1 aromatic rings. The van der Waals surface area contributed by atoms with E-state index in [4.69, 9.17) is 10.5 Å². The predicted octanol–water partition coefficient (Wildman–Crippen LogP) is 0.861. The van der Waals surface area contributed by atoms with Gasteiger partial charge in [-0.05, 0) is 19.1 Å². The zero-order valence-corrected chi connectivity index (χ0v) is 14.0. The minimum atomic E-state index is -4.75. The van der Waals surface area contributed by atoms with E-state index in [0.29, 0.717) is 12.1 Å². The molecule has 2 aliphatic rings. The number of halogens is 3. The third-order valence-electron chi connectivity index (χ3n) is 4.49. The average molecular weight is 388 g/mol. The molecule has 146 valence electrons. The van der Waals surface area contributed by atoms with E-state index in [1.165, 1.54) is 9.80 Å². The Hall–Kier alpha value is -2.89. The van der Waals surface area contributed by atoms with Crippen molar-refractivity contribution in [3.8, 4) is 0 Å². The van der Waals surface area contributed by atoms with Gasteiger partial charge in [0.25, 0.3) is 5.69 Å². The lowest BCUT2D eigenvalue weighted by Crippen LogP contribution is -2.60. The van der Waals surface area contributed by atoms with Gasteiger partial charge in [-0.3, -0.25) is 19.7 Å². The number of primary amides is 1. The number of rotatable bonds is 4. The lowest BCUT2D eigenvalue weighted by Gasteiger charge is -2.39. The van der Waals surface area contributed by atoms with E-state index in [-0.39, 0.29) is 18.8 Å². The number of nitrogens with zero attached hydrogens (tertiary/aromatic N) is 3. The van der Waals surface area contributed by atoms with Crippen molar-refractivity contribution >= 4 is 23.2 Å². The SMILES string of the molecule is C[C@H]1O[C@H]2CN(CC(N)=O)C(=O)[C@H]1N2c1ccc(C(F)(F)F)cc1[N+](=O)[O-]. The molecule has 0 radical (unpaired) electrons. The lowest BCUT2D eigenvalue weighted by atomic mass is 10.0. The van der Waals surface area contributed by atoms with Crippen molar-refractivity contribution in [3.63, 3.8) is 0 Å². The van der Waals surface area contributed by atoms with Crippen molar-refractivity contribution < 1.29 is 32.4 Å². The third kappa shape index (κ3) is 3.27. The zero-order chi connectivity index (χ0) is 20.1. The number of hydrogen-bond donors (Lipinski definition) is 1. The van der Waals surface area contributed by atoms with Gasteiger partial charge in [0.05, 0.1) is 29.7 Å². The Labute approximate surface area is 150 Å². The van der Waals surface area contributed by atoms with Gasteiger partial charge in [-0.15, -0.1) is 0 Å². The Morgan fingerprint density at radius 1 is 1.44 bits per heavy atom. The molecule has 1 aromatic carbocycles. The number of ether oxygens (including phenoxy) is 1. The van der Waals surface area contributed by atoms with Crippen molar-refractivity contribution in [2.45, 2.75) is 31.5 Å². The van der Waals surface area contributed by atoms with Gasteiger partial charge in [0, 0.05) is 6.07 Å². The number of alkyl halides is 3. The summed E-state index contributed by atoms with van der Waals surface area (Å²) in [7, 11) is 0. The van der Waals surface area contributed by atoms with Crippen LogP contribution < -0.4 is 10.6 Å². The van der Waals surface area contributed by atoms with E-state index in [2.05, 4.69) is 0 Å². The van der Waals surface area contributed by atoms with Crippen LogP contribution in [0.15, 0.2) is 18.2 Å². The van der Waals surface area contributed by atoms with E-state index in [1.54, 1.807) is 6.92 Å². The Morgan fingerprint density at radius 2 is 2.11 bits per heavy atom. The van der Waals surface area contributed by atoms with Crippen LogP contribution in [0.25, 0.3) is 0 Å². The molecule has 0 aliphatic carbocycles. The number of amides is 2. The van der Waals surface area contributed by atoms with Crippen molar-refractivity contribution in [1.82, 2.24) is 4.90 Å². The fourth-order valence-corrected chi connectivity index (χ4v) is 3.41. The summed E-state index contributed by atoms with van der Waals surface area (Å²) >= 11 is 0. The quantitative estimate of drug-likeness (QED) is 0.604. The molecule has 2 saturated heterocycles. The summed E-state index contributed by atoms with van der Waals surface area (Å²) in [6.45, 7) is 1.13. The van der Waals surface area contributed by atoms with Crippen LogP contribution in [0.3, 0.4) is 0 Å². The van der Waals surface area contributed by atoms with E-state index >= 15 is 0 Å². The van der Waals surface area contributed by atoms with Crippen LogP contribution in [0.4, 0.5) is 24.5 Å². The number of carbonyl (C=O) groups is 2. The van der Waals surface area contributed by atoms with Crippen LogP contribution in [0.5, 0.6) is 0 Å². The van der Waals surface area contributed by atoms with Gasteiger partial charge >= 0.3 is 6.18 Å². The molecule has 27 heavy (non-hydrogen) atoms. The molecule has 3 rings (SSSR count). The Morgan fingerprint density at radius 3 is 2.67 bits per heavy atom. The maximum Gasteiger partial charge on any atom is 0.416 e. The molecule has 2 aliphatic heterocycles. The summed E-state index contributed by atoms with van der Waals surface area (Å²) in [5, 5.41) is 11.4. The van der Waals surface area contributed by atoms with E-state index in [1.807, 2.05) is 0 Å². The summed E-state index contributed by atoms with van der Waals surface area (Å²) in [4.78, 5) is 36.7. The highest BCUT2D eigenvalue weighted by Gasteiger charge is 2.52. The van der Waals surface area contributed by atoms with Gasteiger partial charge in [-0.2, -0.15) is 13.2 Å². The number of nitro benzene ring substituents is 1. The monoisotopic (exact) mass is 388 g/mol. The zero-order valence-electron chi connectivity index (χ0n) is 14.0. The van der Waals surface area contributed by atoms with Crippen LogP contribution in [0.2, 0.25) is 0 Å². The van der Waals surface area contributed by atoms with Gasteiger partial charge < -0.3 is 20.3 Å². The largest absolute Gasteiger partial charge is 0.416 e. The summed E-state index contributed by atoms with van der Waals surface area (Å²) in [5.41, 5.74) is 3.01. The highest BCUT2D eigenvalue weighted by atomic mass is 19.4. The summed E-state index contributed by atoms with van der Waals surface area (Å²) in [5.74, 6) is -1.27.